The molecule has 1 heterocycles. The van der Waals surface area contributed by atoms with Gasteiger partial charge in [-0.15, -0.1) is 11.8 Å². The van der Waals surface area contributed by atoms with Crippen LogP contribution in [-0.2, 0) is 10.5 Å². The van der Waals surface area contributed by atoms with Crippen molar-refractivity contribution in [2.75, 3.05) is 18.1 Å². The Morgan fingerprint density at radius 2 is 1.76 bits per heavy atom. The van der Waals surface area contributed by atoms with Crippen LogP contribution in [0.1, 0.15) is 26.3 Å². The number of benzene rings is 2. The quantitative estimate of drug-likeness (QED) is 0.814. The molecule has 0 bridgehead atoms. The molecule has 0 saturated carbocycles. The van der Waals surface area contributed by atoms with E-state index >= 15 is 0 Å². The first kappa shape index (κ1) is 17.5. The summed E-state index contributed by atoms with van der Waals surface area (Å²) in [6, 6.07) is 12.2. The topological polar surface area (TPSA) is 66.5 Å². The molecule has 0 atom stereocenters. The smallest absolute Gasteiger partial charge is 0.261 e. The summed E-state index contributed by atoms with van der Waals surface area (Å²) in [5.74, 6) is 0.146. The summed E-state index contributed by atoms with van der Waals surface area (Å²) in [5, 5.41) is 3.44. The highest BCUT2D eigenvalue weighted by atomic mass is 35.5. The van der Waals surface area contributed by atoms with Crippen LogP contribution < -0.4 is 5.32 Å². The third kappa shape index (κ3) is 3.86. The number of imide groups is 1. The minimum atomic E-state index is -0.354. The summed E-state index contributed by atoms with van der Waals surface area (Å²) < 4.78 is 0. The van der Waals surface area contributed by atoms with Gasteiger partial charge in [0.05, 0.1) is 16.9 Å². The Morgan fingerprint density at radius 1 is 1.08 bits per heavy atom. The van der Waals surface area contributed by atoms with Gasteiger partial charge in [0, 0.05) is 23.5 Å². The van der Waals surface area contributed by atoms with Crippen LogP contribution in [0.4, 0.5) is 5.69 Å². The monoisotopic (exact) mass is 374 g/mol. The maximum atomic E-state index is 12.1. The number of carbonyl (C=O) groups is 3. The first-order valence-electron chi connectivity index (χ1n) is 7.54. The molecule has 0 unspecified atom stereocenters. The van der Waals surface area contributed by atoms with Crippen LogP contribution in [0.25, 0.3) is 0 Å². The van der Waals surface area contributed by atoms with Gasteiger partial charge in [0.15, 0.2) is 0 Å². The molecule has 0 aromatic heterocycles. The van der Waals surface area contributed by atoms with Crippen LogP contribution in [0, 0.1) is 0 Å². The highest BCUT2D eigenvalue weighted by molar-refractivity contribution is 7.99. The van der Waals surface area contributed by atoms with Gasteiger partial charge in [-0.3, -0.25) is 19.3 Å². The van der Waals surface area contributed by atoms with E-state index in [4.69, 9.17) is 11.6 Å². The highest BCUT2D eigenvalue weighted by Crippen LogP contribution is 2.25. The molecule has 0 spiro atoms. The summed E-state index contributed by atoms with van der Waals surface area (Å²) in [5.41, 5.74) is 2.28. The van der Waals surface area contributed by atoms with Crippen molar-refractivity contribution in [2.45, 2.75) is 5.75 Å². The number of rotatable bonds is 5. The second-order valence-corrected chi connectivity index (χ2v) is 7.02. The van der Waals surface area contributed by atoms with Crippen molar-refractivity contribution < 1.29 is 14.4 Å². The lowest BCUT2D eigenvalue weighted by Gasteiger charge is -2.06. The lowest BCUT2D eigenvalue weighted by Crippen LogP contribution is -2.24. The van der Waals surface area contributed by atoms with E-state index in [0.29, 0.717) is 27.6 Å². The van der Waals surface area contributed by atoms with Crippen molar-refractivity contribution in [1.82, 2.24) is 4.90 Å². The summed E-state index contributed by atoms with van der Waals surface area (Å²) >= 11 is 7.32. The molecule has 25 heavy (non-hydrogen) atoms. The van der Waals surface area contributed by atoms with Gasteiger partial charge < -0.3 is 5.32 Å². The van der Waals surface area contributed by atoms with Gasteiger partial charge in [-0.1, -0.05) is 23.7 Å². The predicted octanol–water partition coefficient (Wildman–Crippen LogP) is 3.44. The van der Waals surface area contributed by atoms with E-state index in [1.807, 2.05) is 24.3 Å². The number of anilines is 1. The Labute approximate surface area is 154 Å². The number of hydrogen-bond donors (Lipinski definition) is 1. The van der Waals surface area contributed by atoms with Crippen LogP contribution in [0.5, 0.6) is 0 Å². The average Bonchev–Trinajstić information content (AvgIpc) is 2.81. The summed E-state index contributed by atoms with van der Waals surface area (Å²) in [7, 11) is 1.44. The third-order valence-electron chi connectivity index (χ3n) is 3.79. The van der Waals surface area contributed by atoms with E-state index in [1.54, 1.807) is 18.2 Å². The van der Waals surface area contributed by atoms with Crippen LogP contribution in [0.2, 0.25) is 5.02 Å². The van der Waals surface area contributed by atoms with E-state index < -0.39 is 0 Å². The molecule has 2 aromatic rings. The third-order valence-corrected chi connectivity index (χ3v) is 5.04. The SMILES string of the molecule is CN1C(=O)c2ccc(NC(=O)CSCc3ccc(Cl)cc3)cc2C1=O. The maximum Gasteiger partial charge on any atom is 0.261 e. The van der Waals surface area contributed by atoms with E-state index in [9.17, 15) is 14.4 Å². The fourth-order valence-electron chi connectivity index (χ4n) is 2.48. The standard InChI is InChI=1S/C18H15ClN2O3S/c1-21-17(23)14-7-6-13(8-15(14)18(21)24)20-16(22)10-25-9-11-2-4-12(19)5-3-11/h2-8H,9-10H2,1H3,(H,20,22). The first-order valence-corrected chi connectivity index (χ1v) is 9.07. The molecule has 0 saturated heterocycles. The fourth-order valence-corrected chi connectivity index (χ4v) is 3.39. The van der Waals surface area contributed by atoms with Crippen molar-refractivity contribution in [3.8, 4) is 0 Å². The zero-order valence-corrected chi connectivity index (χ0v) is 15.0. The molecule has 2 aromatic carbocycles. The second-order valence-electron chi connectivity index (χ2n) is 5.60. The van der Waals surface area contributed by atoms with E-state index in [2.05, 4.69) is 5.32 Å². The number of thioether (sulfide) groups is 1. The second kappa shape index (κ2) is 7.29. The largest absolute Gasteiger partial charge is 0.325 e. The number of nitrogens with zero attached hydrogens (tertiary/aromatic N) is 1. The minimum Gasteiger partial charge on any atom is -0.325 e. The number of nitrogens with one attached hydrogen (secondary N) is 1. The Kier molecular flexibility index (Phi) is 5.11. The van der Waals surface area contributed by atoms with Gasteiger partial charge in [0.25, 0.3) is 11.8 Å². The molecule has 3 rings (SSSR count). The molecular formula is C18H15ClN2O3S. The van der Waals surface area contributed by atoms with Gasteiger partial charge >= 0.3 is 0 Å². The van der Waals surface area contributed by atoms with Gasteiger partial charge in [0.2, 0.25) is 5.91 Å². The highest BCUT2D eigenvalue weighted by Gasteiger charge is 2.32. The van der Waals surface area contributed by atoms with Gasteiger partial charge in [0.1, 0.15) is 0 Å². The van der Waals surface area contributed by atoms with E-state index in [0.717, 1.165) is 10.5 Å². The molecule has 0 radical (unpaired) electrons. The van der Waals surface area contributed by atoms with E-state index in [1.165, 1.54) is 18.8 Å². The molecule has 5 nitrogen and oxygen atoms in total. The molecule has 3 amide bonds. The molecule has 0 aliphatic carbocycles. The van der Waals surface area contributed by atoms with Gasteiger partial charge in [-0.25, -0.2) is 0 Å². The Bertz CT molecular complexity index is 852. The lowest BCUT2D eigenvalue weighted by atomic mass is 10.1. The summed E-state index contributed by atoms with van der Waals surface area (Å²) in [6.45, 7) is 0. The lowest BCUT2D eigenvalue weighted by molar-refractivity contribution is -0.113. The first-order chi connectivity index (χ1) is 12.0. The van der Waals surface area contributed by atoms with Crippen LogP contribution in [-0.4, -0.2) is 35.4 Å². The Hall–Kier alpha value is -2.31. The van der Waals surface area contributed by atoms with Crippen molar-refractivity contribution in [3.63, 3.8) is 0 Å². The molecular weight excluding hydrogens is 360 g/mol. The average molecular weight is 375 g/mol. The van der Waals surface area contributed by atoms with Crippen LogP contribution >= 0.6 is 23.4 Å². The minimum absolute atomic E-state index is 0.163. The fraction of sp³-hybridized carbons (Fsp3) is 0.167. The number of hydrogen-bond acceptors (Lipinski definition) is 4. The molecule has 0 fully saturated rings. The van der Waals surface area contributed by atoms with Crippen LogP contribution in [0.3, 0.4) is 0 Å². The van der Waals surface area contributed by atoms with E-state index in [-0.39, 0.29) is 23.5 Å². The number of amides is 3. The van der Waals surface area contributed by atoms with Crippen LogP contribution in [0.15, 0.2) is 42.5 Å². The number of fused-ring (bicyclic) bond motifs is 1. The van der Waals surface area contributed by atoms with Gasteiger partial charge in [-0.2, -0.15) is 0 Å². The maximum absolute atomic E-state index is 12.1. The molecule has 7 heteroatoms. The predicted molar refractivity (Wildman–Crippen MR) is 99.1 cm³/mol. The number of carbonyl (C=O) groups excluding carboxylic acids is 3. The molecule has 1 N–H and O–H groups in total. The summed E-state index contributed by atoms with van der Waals surface area (Å²) in [6.07, 6.45) is 0. The zero-order valence-electron chi connectivity index (χ0n) is 13.4. The van der Waals surface area contributed by atoms with Crippen molar-refractivity contribution >= 4 is 46.8 Å². The normalized spacial score (nSPS) is 13.1. The van der Waals surface area contributed by atoms with Crippen molar-refractivity contribution in [3.05, 3.63) is 64.2 Å². The summed E-state index contributed by atoms with van der Waals surface area (Å²) in [4.78, 5) is 36.9. The zero-order chi connectivity index (χ0) is 18.0. The molecule has 1 aliphatic rings. The Morgan fingerprint density at radius 3 is 2.48 bits per heavy atom. The number of halogens is 1. The van der Waals surface area contributed by atoms with Crippen molar-refractivity contribution in [2.24, 2.45) is 0 Å². The Balaban J connectivity index is 1.56. The van der Waals surface area contributed by atoms with Gasteiger partial charge in [-0.05, 0) is 35.9 Å². The molecule has 128 valence electrons. The van der Waals surface area contributed by atoms with Crippen molar-refractivity contribution in [1.29, 1.82) is 0 Å². The molecule has 1 aliphatic heterocycles.